The molecule has 1 aromatic rings. The van der Waals surface area contributed by atoms with Gasteiger partial charge in [0.15, 0.2) is 0 Å². The largest absolute Gasteiger partial charge is 0.383 e. The molecule has 4 nitrogen and oxygen atoms in total. The fraction of sp³-hybridized carbons (Fsp3) is 0.667. The van der Waals surface area contributed by atoms with Crippen molar-refractivity contribution in [2.75, 3.05) is 11.1 Å². The Kier molecular flexibility index (Phi) is 6.26. The number of nitrogens with one attached hydrogen (secondary N) is 1. The fourth-order valence-corrected chi connectivity index (χ4v) is 2.17. The fourth-order valence-electron chi connectivity index (χ4n) is 1.77. The van der Waals surface area contributed by atoms with E-state index in [4.69, 9.17) is 5.73 Å². The number of hydrogen-bond donors (Lipinski definition) is 2. The van der Waals surface area contributed by atoms with Crippen molar-refractivity contribution < 1.29 is 0 Å². The second-order valence-electron chi connectivity index (χ2n) is 4.21. The normalized spacial score (nSPS) is 12.4. The zero-order chi connectivity index (χ0) is 12.7. The summed E-state index contributed by atoms with van der Waals surface area (Å²) >= 11 is 3.32. The van der Waals surface area contributed by atoms with Crippen molar-refractivity contribution in [3.63, 3.8) is 0 Å². The highest BCUT2D eigenvalue weighted by atomic mass is 79.9. The molecule has 17 heavy (non-hydrogen) atoms. The maximum Gasteiger partial charge on any atom is 0.225 e. The van der Waals surface area contributed by atoms with Crippen LogP contribution in [0, 0.1) is 0 Å². The minimum absolute atomic E-state index is 0.439. The number of nitrogens with two attached hydrogens (primary N) is 1. The molecule has 1 unspecified atom stereocenters. The third-order valence-electron chi connectivity index (χ3n) is 2.59. The first kappa shape index (κ1) is 14.2. The van der Waals surface area contributed by atoms with Crippen LogP contribution in [0.2, 0.25) is 0 Å². The van der Waals surface area contributed by atoms with Crippen molar-refractivity contribution in [1.82, 2.24) is 9.97 Å². The van der Waals surface area contributed by atoms with Crippen molar-refractivity contribution in [3.05, 3.63) is 10.7 Å². The van der Waals surface area contributed by atoms with Crippen LogP contribution in [0.4, 0.5) is 11.8 Å². The van der Waals surface area contributed by atoms with E-state index in [1.807, 2.05) is 0 Å². The molecule has 0 aliphatic heterocycles. The van der Waals surface area contributed by atoms with Crippen LogP contribution < -0.4 is 11.1 Å². The van der Waals surface area contributed by atoms with Gasteiger partial charge < -0.3 is 11.1 Å². The molecule has 0 saturated carbocycles. The third-order valence-corrected chi connectivity index (χ3v) is 3.00. The monoisotopic (exact) mass is 300 g/mol. The number of unbranched alkanes of at least 4 members (excludes halogenated alkanes) is 1. The van der Waals surface area contributed by atoms with Crippen molar-refractivity contribution in [3.8, 4) is 0 Å². The number of nitrogens with zero attached hydrogens (tertiary/aromatic N) is 2. The number of halogens is 1. The molecule has 0 saturated heterocycles. The summed E-state index contributed by atoms with van der Waals surface area (Å²) in [6, 6.07) is 2.14. The molecule has 0 aliphatic rings. The molecular formula is C12H21BrN4. The summed E-state index contributed by atoms with van der Waals surface area (Å²) in [6.45, 7) is 4.40. The summed E-state index contributed by atoms with van der Waals surface area (Å²) in [5, 5.41) is 3.36. The molecule has 1 atom stereocenters. The topological polar surface area (TPSA) is 63.8 Å². The van der Waals surface area contributed by atoms with Crippen molar-refractivity contribution in [2.24, 2.45) is 0 Å². The number of hydrogen-bond acceptors (Lipinski definition) is 4. The Balaban J connectivity index is 2.63. The molecule has 96 valence electrons. The highest BCUT2D eigenvalue weighted by molar-refractivity contribution is 9.10. The minimum Gasteiger partial charge on any atom is -0.383 e. The van der Waals surface area contributed by atoms with Gasteiger partial charge in [-0.05, 0) is 28.8 Å². The van der Waals surface area contributed by atoms with Crippen molar-refractivity contribution in [2.45, 2.75) is 52.0 Å². The van der Waals surface area contributed by atoms with Gasteiger partial charge in [-0.25, -0.2) is 4.98 Å². The molecule has 1 aromatic heterocycles. The Morgan fingerprint density at radius 1 is 1.29 bits per heavy atom. The maximum atomic E-state index is 5.69. The van der Waals surface area contributed by atoms with E-state index < -0.39 is 0 Å². The van der Waals surface area contributed by atoms with E-state index in [9.17, 15) is 0 Å². The van der Waals surface area contributed by atoms with Crippen LogP contribution in [0.1, 0.15) is 46.0 Å². The van der Waals surface area contributed by atoms with Gasteiger partial charge >= 0.3 is 0 Å². The van der Waals surface area contributed by atoms with E-state index in [2.05, 4.69) is 45.1 Å². The predicted molar refractivity (Wildman–Crippen MR) is 76.0 cm³/mol. The lowest BCUT2D eigenvalue weighted by atomic mass is 10.1. The summed E-state index contributed by atoms with van der Waals surface area (Å²) in [5.41, 5.74) is 5.69. The van der Waals surface area contributed by atoms with Crippen LogP contribution >= 0.6 is 15.9 Å². The third kappa shape index (κ3) is 5.35. The molecule has 1 rings (SSSR count). The van der Waals surface area contributed by atoms with Crippen LogP contribution in [-0.4, -0.2) is 16.0 Å². The smallest absolute Gasteiger partial charge is 0.225 e. The first-order valence-electron chi connectivity index (χ1n) is 6.22. The molecule has 1 heterocycles. The summed E-state index contributed by atoms with van der Waals surface area (Å²) in [6.07, 6.45) is 5.88. The first-order chi connectivity index (χ1) is 8.15. The van der Waals surface area contributed by atoms with Gasteiger partial charge in [0.05, 0.1) is 0 Å². The van der Waals surface area contributed by atoms with Gasteiger partial charge in [-0.3, -0.25) is 0 Å². The zero-order valence-electron chi connectivity index (χ0n) is 10.5. The lowest BCUT2D eigenvalue weighted by Gasteiger charge is -2.17. The van der Waals surface area contributed by atoms with Crippen LogP contribution in [0.5, 0.6) is 0 Å². The van der Waals surface area contributed by atoms with E-state index in [0.29, 0.717) is 17.8 Å². The Hall–Kier alpha value is -0.840. The van der Waals surface area contributed by atoms with Gasteiger partial charge in [0.1, 0.15) is 10.4 Å². The van der Waals surface area contributed by atoms with Crippen molar-refractivity contribution >= 4 is 27.7 Å². The SMILES string of the molecule is CCCCC(CCC)Nc1nc(N)cc(Br)n1. The molecule has 0 aromatic carbocycles. The molecule has 0 fully saturated rings. The summed E-state index contributed by atoms with van der Waals surface area (Å²) < 4.78 is 0.721. The second-order valence-corrected chi connectivity index (χ2v) is 5.02. The molecule has 0 aliphatic carbocycles. The van der Waals surface area contributed by atoms with Gasteiger partial charge in [-0.15, -0.1) is 0 Å². The standard InChI is InChI=1S/C12H21BrN4/c1-3-5-7-9(6-4-2)15-12-16-10(13)8-11(14)17-12/h8-9H,3-7H2,1-2H3,(H3,14,15,16,17). The maximum absolute atomic E-state index is 5.69. The average Bonchev–Trinajstić information content (AvgIpc) is 2.24. The van der Waals surface area contributed by atoms with E-state index in [1.54, 1.807) is 6.07 Å². The summed E-state index contributed by atoms with van der Waals surface area (Å²) in [4.78, 5) is 8.47. The van der Waals surface area contributed by atoms with Crippen LogP contribution in [-0.2, 0) is 0 Å². The Morgan fingerprint density at radius 2 is 2.06 bits per heavy atom. The van der Waals surface area contributed by atoms with Crippen LogP contribution in [0.3, 0.4) is 0 Å². The second kappa shape index (κ2) is 7.48. The average molecular weight is 301 g/mol. The van der Waals surface area contributed by atoms with Gasteiger partial charge in [-0.1, -0.05) is 33.1 Å². The molecule has 3 N–H and O–H groups in total. The number of anilines is 2. The molecule has 0 spiro atoms. The molecule has 0 bridgehead atoms. The van der Waals surface area contributed by atoms with E-state index in [-0.39, 0.29) is 0 Å². The van der Waals surface area contributed by atoms with E-state index >= 15 is 0 Å². The number of aromatic nitrogens is 2. The Labute approximate surface area is 112 Å². The lowest BCUT2D eigenvalue weighted by molar-refractivity contribution is 0.561. The molecule has 5 heteroatoms. The first-order valence-corrected chi connectivity index (χ1v) is 7.01. The van der Waals surface area contributed by atoms with Crippen molar-refractivity contribution in [1.29, 1.82) is 0 Å². The van der Waals surface area contributed by atoms with Gasteiger partial charge in [0.25, 0.3) is 0 Å². The molecular weight excluding hydrogens is 280 g/mol. The van der Waals surface area contributed by atoms with Crippen LogP contribution in [0.15, 0.2) is 10.7 Å². The molecule has 0 radical (unpaired) electrons. The van der Waals surface area contributed by atoms with Gasteiger partial charge in [-0.2, -0.15) is 4.98 Å². The van der Waals surface area contributed by atoms with Gasteiger partial charge in [0, 0.05) is 12.1 Å². The Bertz CT molecular complexity index is 323. The summed E-state index contributed by atoms with van der Waals surface area (Å²) in [7, 11) is 0. The predicted octanol–water partition coefficient (Wildman–Crippen LogP) is 3.59. The highest BCUT2D eigenvalue weighted by Crippen LogP contribution is 2.16. The number of rotatable bonds is 7. The molecule has 0 amide bonds. The highest BCUT2D eigenvalue weighted by Gasteiger charge is 2.09. The Morgan fingerprint density at radius 3 is 2.65 bits per heavy atom. The quantitative estimate of drug-likeness (QED) is 0.755. The van der Waals surface area contributed by atoms with Crippen LogP contribution in [0.25, 0.3) is 0 Å². The number of nitrogen functional groups attached to an aromatic ring is 1. The lowest BCUT2D eigenvalue weighted by Crippen LogP contribution is -2.21. The van der Waals surface area contributed by atoms with E-state index in [1.165, 1.54) is 12.8 Å². The summed E-state index contributed by atoms with van der Waals surface area (Å²) in [5.74, 6) is 1.10. The van der Waals surface area contributed by atoms with E-state index in [0.717, 1.165) is 23.9 Å². The minimum atomic E-state index is 0.439. The van der Waals surface area contributed by atoms with Gasteiger partial charge in [0.2, 0.25) is 5.95 Å². The zero-order valence-corrected chi connectivity index (χ0v) is 12.1.